The molecule has 2 aromatic rings. The molecule has 1 aromatic carbocycles. The molecule has 3 rings (SSSR count). The van der Waals surface area contributed by atoms with Gasteiger partial charge < -0.3 is 20.4 Å². The number of hydrogen-bond donors (Lipinski definition) is 2. The monoisotopic (exact) mass is 244 g/mol. The van der Waals surface area contributed by atoms with Crippen LogP contribution in [-0.4, -0.2) is 22.1 Å². The number of hydrogen-bond acceptors (Lipinski definition) is 4. The molecule has 0 bridgehead atoms. The van der Waals surface area contributed by atoms with E-state index < -0.39 is 0 Å². The van der Waals surface area contributed by atoms with Gasteiger partial charge in [-0.2, -0.15) is 0 Å². The van der Waals surface area contributed by atoms with Crippen molar-refractivity contribution in [1.82, 2.24) is 9.55 Å². The molecule has 0 fully saturated rings. The summed E-state index contributed by atoms with van der Waals surface area (Å²) in [7, 11) is 1.84. The summed E-state index contributed by atoms with van der Waals surface area (Å²) in [5.74, 6) is 0.973. The van der Waals surface area contributed by atoms with E-state index in [0.29, 0.717) is 17.4 Å². The fraction of sp³-hybridized carbons (Fsp3) is 0.167. The van der Waals surface area contributed by atoms with E-state index in [9.17, 15) is 4.79 Å². The molecule has 1 amide bonds. The first kappa shape index (κ1) is 10.6. The third-order valence-electron chi connectivity index (χ3n) is 2.93. The maximum atomic E-state index is 11.3. The zero-order valence-corrected chi connectivity index (χ0v) is 9.80. The van der Waals surface area contributed by atoms with E-state index in [1.165, 1.54) is 0 Å². The van der Waals surface area contributed by atoms with Crippen molar-refractivity contribution in [3.63, 3.8) is 0 Å². The minimum Gasteiger partial charge on any atom is -0.482 e. The van der Waals surface area contributed by atoms with E-state index in [4.69, 9.17) is 10.5 Å². The number of rotatable bonds is 1. The minimum absolute atomic E-state index is 0.0605. The maximum absolute atomic E-state index is 11.3. The Kier molecular flexibility index (Phi) is 2.22. The Morgan fingerprint density at radius 3 is 3.06 bits per heavy atom. The highest BCUT2D eigenvalue weighted by molar-refractivity contribution is 5.96. The van der Waals surface area contributed by atoms with E-state index in [-0.39, 0.29) is 12.5 Å². The molecular formula is C12H12N4O2. The van der Waals surface area contributed by atoms with Crippen molar-refractivity contribution < 1.29 is 9.53 Å². The van der Waals surface area contributed by atoms with Gasteiger partial charge in [-0.3, -0.25) is 4.79 Å². The number of carbonyl (C=O) groups is 1. The van der Waals surface area contributed by atoms with Crippen molar-refractivity contribution in [1.29, 1.82) is 0 Å². The number of fused-ring (bicyclic) bond motifs is 1. The van der Waals surface area contributed by atoms with Crippen molar-refractivity contribution in [2.75, 3.05) is 17.7 Å². The molecule has 0 unspecified atom stereocenters. The first-order valence-corrected chi connectivity index (χ1v) is 5.49. The topological polar surface area (TPSA) is 82.2 Å². The fourth-order valence-electron chi connectivity index (χ4n) is 1.93. The van der Waals surface area contributed by atoms with Gasteiger partial charge in [-0.25, -0.2) is 4.98 Å². The molecule has 2 heterocycles. The van der Waals surface area contributed by atoms with Crippen LogP contribution in [0.5, 0.6) is 5.75 Å². The number of nitrogens with two attached hydrogens (primary N) is 1. The van der Waals surface area contributed by atoms with Crippen molar-refractivity contribution in [3.05, 3.63) is 24.4 Å². The second-order valence-corrected chi connectivity index (χ2v) is 4.11. The van der Waals surface area contributed by atoms with Crippen LogP contribution in [0.1, 0.15) is 0 Å². The molecule has 0 radical (unpaired) electrons. The number of nitrogens with zero attached hydrogens (tertiary/aromatic N) is 2. The lowest BCUT2D eigenvalue weighted by atomic mass is 10.1. The van der Waals surface area contributed by atoms with Gasteiger partial charge >= 0.3 is 0 Å². The summed E-state index contributed by atoms with van der Waals surface area (Å²) < 4.78 is 7.09. The second kappa shape index (κ2) is 3.76. The Labute approximate surface area is 103 Å². The molecule has 0 atom stereocenters. The molecule has 6 heteroatoms. The summed E-state index contributed by atoms with van der Waals surface area (Å²) in [5, 5.41) is 2.77. The summed E-state index contributed by atoms with van der Waals surface area (Å²) in [5.41, 5.74) is 8.17. The van der Waals surface area contributed by atoms with Gasteiger partial charge in [0.05, 0.1) is 17.6 Å². The Morgan fingerprint density at radius 1 is 1.50 bits per heavy atom. The number of aromatic nitrogens is 2. The van der Waals surface area contributed by atoms with Crippen LogP contribution < -0.4 is 15.8 Å². The SMILES string of the molecule is Cn1c(-c2ccc3c(c2)NC(=O)CO3)cnc1N. The van der Waals surface area contributed by atoms with Crippen LogP contribution >= 0.6 is 0 Å². The zero-order chi connectivity index (χ0) is 12.7. The lowest BCUT2D eigenvalue weighted by Crippen LogP contribution is -2.25. The summed E-state index contributed by atoms with van der Waals surface area (Å²) in [6.45, 7) is 0.0605. The number of benzene rings is 1. The molecule has 1 aromatic heterocycles. The number of amides is 1. The van der Waals surface area contributed by atoms with Gasteiger partial charge in [-0.05, 0) is 18.2 Å². The lowest BCUT2D eigenvalue weighted by molar-refractivity contribution is -0.118. The molecule has 1 aliphatic rings. The van der Waals surface area contributed by atoms with Crippen molar-refractivity contribution in [2.24, 2.45) is 7.05 Å². The third-order valence-corrected chi connectivity index (χ3v) is 2.93. The second-order valence-electron chi connectivity index (χ2n) is 4.11. The highest BCUT2D eigenvalue weighted by Gasteiger charge is 2.17. The van der Waals surface area contributed by atoms with Gasteiger partial charge in [-0.15, -0.1) is 0 Å². The van der Waals surface area contributed by atoms with E-state index in [0.717, 1.165) is 11.3 Å². The number of nitrogens with one attached hydrogen (secondary N) is 1. The molecule has 1 aliphatic heterocycles. The predicted molar refractivity (Wildman–Crippen MR) is 67.2 cm³/mol. The summed E-state index contributed by atoms with van der Waals surface area (Å²) in [4.78, 5) is 15.3. The number of nitrogen functional groups attached to an aromatic ring is 1. The first-order chi connectivity index (χ1) is 8.65. The minimum atomic E-state index is -0.149. The van der Waals surface area contributed by atoms with Gasteiger partial charge in [0.25, 0.3) is 5.91 Å². The van der Waals surface area contributed by atoms with Crippen molar-refractivity contribution in [2.45, 2.75) is 0 Å². The molecule has 92 valence electrons. The molecule has 0 saturated carbocycles. The quantitative estimate of drug-likeness (QED) is 0.784. The van der Waals surface area contributed by atoms with Gasteiger partial charge in [0.15, 0.2) is 12.6 Å². The highest BCUT2D eigenvalue weighted by atomic mass is 16.5. The van der Waals surface area contributed by atoms with Crippen LogP contribution in [-0.2, 0) is 11.8 Å². The average molecular weight is 244 g/mol. The molecule has 3 N–H and O–H groups in total. The fourth-order valence-corrected chi connectivity index (χ4v) is 1.93. The van der Waals surface area contributed by atoms with E-state index in [2.05, 4.69) is 10.3 Å². The van der Waals surface area contributed by atoms with E-state index in [1.54, 1.807) is 10.8 Å². The Balaban J connectivity index is 2.07. The highest BCUT2D eigenvalue weighted by Crippen LogP contribution is 2.32. The Bertz CT molecular complexity index is 633. The molecule has 0 aliphatic carbocycles. The number of imidazole rings is 1. The average Bonchev–Trinajstić information content (AvgIpc) is 2.69. The summed E-state index contributed by atoms with van der Waals surface area (Å²) in [6.07, 6.45) is 1.70. The first-order valence-electron chi connectivity index (χ1n) is 5.49. The number of carbonyl (C=O) groups excluding carboxylic acids is 1. The number of anilines is 2. The summed E-state index contributed by atoms with van der Waals surface area (Å²) >= 11 is 0. The van der Waals surface area contributed by atoms with Crippen LogP contribution in [0.3, 0.4) is 0 Å². The summed E-state index contributed by atoms with van der Waals surface area (Å²) in [6, 6.07) is 5.59. The van der Waals surface area contributed by atoms with Gasteiger partial charge in [-0.1, -0.05) is 0 Å². The normalized spacial score (nSPS) is 13.7. The van der Waals surface area contributed by atoms with Crippen LogP contribution in [0.25, 0.3) is 11.3 Å². The molecule has 0 saturated heterocycles. The molecule has 18 heavy (non-hydrogen) atoms. The predicted octanol–water partition coefficient (Wildman–Crippen LogP) is 1.00. The lowest BCUT2D eigenvalue weighted by Gasteiger charge is -2.18. The van der Waals surface area contributed by atoms with E-state index in [1.807, 2.05) is 25.2 Å². The van der Waals surface area contributed by atoms with Crippen LogP contribution in [0.15, 0.2) is 24.4 Å². The Morgan fingerprint density at radius 2 is 2.33 bits per heavy atom. The van der Waals surface area contributed by atoms with Gasteiger partial charge in [0.1, 0.15) is 5.75 Å². The third kappa shape index (κ3) is 1.58. The standard InChI is InChI=1S/C12H12N4O2/c1-16-9(5-14-12(16)13)7-2-3-10-8(4-7)15-11(17)6-18-10/h2-5H,6H2,1H3,(H2,13,14)(H,15,17). The van der Waals surface area contributed by atoms with Crippen LogP contribution in [0, 0.1) is 0 Å². The molecular weight excluding hydrogens is 232 g/mol. The van der Waals surface area contributed by atoms with Crippen molar-refractivity contribution >= 4 is 17.5 Å². The maximum Gasteiger partial charge on any atom is 0.262 e. The van der Waals surface area contributed by atoms with Gasteiger partial charge in [0.2, 0.25) is 0 Å². The molecule has 0 spiro atoms. The van der Waals surface area contributed by atoms with Crippen LogP contribution in [0.2, 0.25) is 0 Å². The van der Waals surface area contributed by atoms with Gasteiger partial charge in [0, 0.05) is 12.6 Å². The zero-order valence-electron chi connectivity index (χ0n) is 9.80. The van der Waals surface area contributed by atoms with Crippen LogP contribution in [0.4, 0.5) is 11.6 Å². The number of ether oxygens (including phenoxy) is 1. The molecule has 6 nitrogen and oxygen atoms in total. The smallest absolute Gasteiger partial charge is 0.262 e. The largest absolute Gasteiger partial charge is 0.482 e. The van der Waals surface area contributed by atoms with E-state index >= 15 is 0 Å². The van der Waals surface area contributed by atoms with Crippen molar-refractivity contribution in [3.8, 4) is 17.0 Å². The Hall–Kier alpha value is -2.50.